The minimum absolute atomic E-state index is 0.0340. The summed E-state index contributed by atoms with van der Waals surface area (Å²) in [6, 6.07) is 0. The van der Waals surface area contributed by atoms with E-state index in [0.717, 1.165) is 11.3 Å². The van der Waals surface area contributed by atoms with E-state index < -0.39 is 14.3 Å². The monoisotopic (exact) mass is 345 g/mol. The molecule has 6 nitrogen and oxygen atoms in total. The molecule has 1 amide bonds. The molecule has 1 aromatic heterocycles. The van der Waals surface area contributed by atoms with Crippen molar-refractivity contribution in [2.24, 2.45) is 0 Å². The van der Waals surface area contributed by atoms with Gasteiger partial charge in [0.15, 0.2) is 3.92 Å². The van der Waals surface area contributed by atoms with Crippen LogP contribution in [0.25, 0.3) is 0 Å². The van der Waals surface area contributed by atoms with Gasteiger partial charge in [-0.3, -0.25) is 9.69 Å². The number of anilines is 1. The van der Waals surface area contributed by atoms with Crippen LogP contribution in [0.4, 0.5) is 5.13 Å². The molecular formula is C6H5BrClN3O3S2. The van der Waals surface area contributed by atoms with Gasteiger partial charge >= 0.3 is 0 Å². The fraction of sp³-hybridized carbons (Fsp3) is 0.500. The molecule has 16 heavy (non-hydrogen) atoms. The number of carbonyl (C=O) groups is 1. The average molecular weight is 347 g/mol. The van der Waals surface area contributed by atoms with Gasteiger partial charge in [-0.05, 0) is 15.9 Å². The van der Waals surface area contributed by atoms with Crippen LogP contribution >= 0.6 is 37.9 Å². The standard InChI is InChI=1S/C6H5BrClN3O3S2/c7-5-9-10-6(15-5)11-2-3(1-4(11)12)16(8,13)14/h3H,1-2H2. The van der Waals surface area contributed by atoms with Crippen LogP contribution in [0.1, 0.15) is 6.42 Å². The summed E-state index contributed by atoms with van der Waals surface area (Å²) in [6.07, 6.45) is -0.108. The molecule has 1 aliphatic rings. The van der Waals surface area contributed by atoms with Crippen molar-refractivity contribution in [3.8, 4) is 0 Å². The van der Waals surface area contributed by atoms with Gasteiger partial charge in [-0.2, -0.15) is 0 Å². The van der Waals surface area contributed by atoms with Gasteiger partial charge in [0.2, 0.25) is 20.1 Å². The van der Waals surface area contributed by atoms with Gasteiger partial charge in [0.1, 0.15) is 5.25 Å². The fourth-order valence-corrected chi connectivity index (χ4v) is 3.50. The largest absolute Gasteiger partial charge is 0.285 e. The van der Waals surface area contributed by atoms with Gasteiger partial charge in [-0.15, -0.1) is 10.2 Å². The van der Waals surface area contributed by atoms with Crippen molar-refractivity contribution < 1.29 is 13.2 Å². The second-order valence-electron chi connectivity index (χ2n) is 3.14. The van der Waals surface area contributed by atoms with E-state index in [0.29, 0.717) is 9.05 Å². The molecule has 2 rings (SSSR count). The Hall–Kier alpha value is -0.250. The molecule has 0 bridgehead atoms. The first-order valence-corrected chi connectivity index (χ1v) is 8.09. The summed E-state index contributed by atoms with van der Waals surface area (Å²) in [5, 5.41) is 6.95. The van der Waals surface area contributed by atoms with Crippen molar-refractivity contribution >= 4 is 58.0 Å². The topological polar surface area (TPSA) is 80.2 Å². The van der Waals surface area contributed by atoms with Gasteiger partial charge < -0.3 is 0 Å². The SMILES string of the molecule is O=C1CC(S(=O)(=O)Cl)CN1c1nnc(Br)s1. The number of rotatable bonds is 2. The summed E-state index contributed by atoms with van der Waals surface area (Å²) in [5.41, 5.74) is 0. The Morgan fingerprint density at radius 2 is 2.19 bits per heavy atom. The number of nitrogens with zero attached hydrogens (tertiary/aromatic N) is 3. The first-order chi connectivity index (χ1) is 7.38. The number of hydrogen-bond donors (Lipinski definition) is 0. The Morgan fingerprint density at radius 1 is 1.50 bits per heavy atom. The maximum Gasteiger partial charge on any atom is 0.237 e. The lowest BCUT2D eigenvalue weighted by molar-refractivity contribution is -0.117. The summed E-state index contributed by atoms with van der Waals surface area (Å²) < 4.78 is 22.7. The van der Waals surface area contributed by atoms with E-state index in [1.165, 1.54) is 4.90 Å². The number of aromatic nitrogens is 2. The van der Waals surface area contributed by atoms with Gasteiger partial charge in [0.25, 0.3) is 0 Å². The predicted molar refractivity (Wildman–Crippen MR) is 63.1 cm³/mol. The molecule has 0 aromatic carbocycles. The lowest BCUT2D eigenvalue weighted by atomic mass is 10.4. The van der Waals surface area contributed by atoms with Crippen LogP contribution in [0.5, 0.6) is 0 Å². The molecule has 0 aliphatic carbocycles. The van der Waals surface area contributed by atoms with Gasteiger partial charge in [0, 0.05) is 23.6 Å². The van der Waals surface area contributed by atoms with Crippen molar-refractivity contribution in [2.75, 3.05) is 11.4 Å². The Bertz CT molecular complexity index is 531. The van der Waals surface area contributed by atoms with Crippen LogP contribution in [0.15, 0.2) is 3.92 Å². The number of halogens is 2. The minimum Gasteiger partial charge on any atom is -0.285 e. The zero-order valence-electron chi connectivity index (χ0n) is 7.63. The van der Waals surface area contributed by atoms with Crippen LogP contribution in [0.3, 0.4) is 0 Å². The molecule has 1 atom stereocenters. The quantitative estimate of drug-likeness (QED) is 0.746. The molecule has 88 valence electrons. The molecule has 1 aliphatic heterocycles. The maximum absolute atomic E-state index is 11.6. The third-order valence-electron chi connectivity index (χ3n) is 2.11. The first-order valence-electron chi connectivity index (χ1n) is 4.11. The summed E-state index contributed by atoms with van der Waals surface area (Å²) in [6.45, 7) is 0.0340. The van der Waals surface area contributed by atoms with Crippen molar-refractivity contribution in [2.45, 2.75) is 11.7 Å². The molecule has 1 saturated heterocycles. The highest BCUT2D eigenvalue weighted by atomic mass is 79.9. The molecule has 2 heterocycles. The maximum atomic E-state index is 11.6. The molecule has 10 heteroatoms. The first kappa shape index (κ1) is 12.2. The average Bonchev–Trinajstić information content (AvgIpc) is 2.70. The highest BCUT2D eigenvalue weighted by Gasteiger charge is 2.39. The number of hydrogen-bond acceptors (Lipinski definition) is 6. The fourth-order valence-electron chi connectivity index (χ4n) is 1.36. The minimum atomic E-state index is -3.72. The van der Waals surface area contributed by atoms with Gasteiger partial charge in [-0.1, -0.05) is 11.3 Å². The zero-order chi connectivity index (χ0) is 11.9. The Labute approximate surface area is 108 Å². The molecule has 0 saturated carbocycles. The molecule has 0 radical (unpaired) electrons. The molecule has 0 spiro atoms. The van der Waals surface area contributed by atoms with Crippen LogP contribution in [0, 0.1) is 0 Å². The van der Waals surface area contributed by atoms with Crippen LogP contribution in [0.2, 0.25) is 0 Å². The third kappa shape index (κ3) is 2.36. The lowest BCUT2D eigenvalue weighted by Crippen LogP contribution is -2.26. The molecule has 0 N–H and O–H groups in total. The normalized spacial score (nSPS) is 21.8. The third-order valence-corrected chi connectivity index (χ3v) is 5.36. The molecule has 1 fully saturated rings. The number of amides is 1. The van der Waals surface area contributed by atoms with E-state index in [-0.39, 0.29) is 18.9 Å². The Morgan fingerprint density at radius 3 is 2.62 bits per heavy atom. The Balaban J connectivity index is 2.24. The van der Waals surface area contributed by atoms with E-state index in [4.69, 9.17) is 10.7 Å². The molecule has 1 aromatic rings. The van der Waals surface area contributed by atoms with E-state index in [1.54, 1.807) is 0 Å². The van der Waals surface area contributed by atoms with E-state index in [9.17, 15) is 13.2 Å². The number of carbonyl (C=O) groups excluding carboxylic acids is 1. The summed E-state index contributed by atoms with van der Waals surface area (Å²) >= 11 is 4.28. The van der Waals surface area contributed by atoms with Crippen molar-refractivity contribution in [1.29, 1.82) is 0 Å². The van der Waals surface area contributed by atoms with Crippen molar-refractivity contribution in [3.05, 3.63) is 3.92 Å². The smallest absolute Gasteiger partial charge is 0.237 e. The van der Waals surface area contributed by atoms with Crippen LogP contribution in [-0.2, 0) is 13.8 Å². The molecular weight excluding hydrogens is 342 g/mol. The van der Waals surface area contributed by atoms with E-state index >= 15 is 0 Å². The summed E-state index contributed by atoms with van der Waals surface area (Å²) in [4.78, 5) is 12.9. The second-order valence-corrected chi connectivity index (χ2v) is 8.28. The summed E-state index contributed by atoms with van der Waals surface area (Å²) in [5.74, 6) is -0.308. The highest BCUT2D eigenvalue weighted by Crippen LogP contribution is 2.30. The molecule has 1 unspecified atom stereocenters. The second kappa shape index (κ2) is 4.21. The van der Waals surface area contributed by atoms with Crippen LogP contribution in [-0.4, -0.2) is 36.3 Å². The predicted octanol–water partition coefficient (Wildman–Crippen LogP) is 0.974. The lowest BCUT2D eigenvalue weighted by Gasteiger charge is -2.10. The van der Waals surface area contributed by atoms with Crippen molar-refractivity contribution in [3.63, 3.8) is 0 Å². The van der Waals surface area contributed by atoms with Crippen molar-refractivity contribution in [1.82, 2.24) is 10.2 Å². The van der Waals surface area contributed by atoms with Crippen LogP contribution < -0.4 is 4.90 Å². The van der Waals surface area contributed by atoms with E-state index in [2.05, 4.69) is 26.1 Å². The van der Waals surface area contributed by atoms with Gasteiger partial charge in [-0.25, -0.2) is 8.42 Å². The van der Waals surface area contributed by atoms with E-state index in [1.807, 2.05) is 0 Å². The zero-order valence-corrected chi connectivity index (χ0v) is 11.6. The summed E-state index contributed by atoms with van der Waals surface area (Å²) in [7, 11) is 1.50. The Kier molecular flexibility index (Phi) is 3.21. The highest BCUT2D eigenvalue weighted by molar-refractivity contribution is 9.11. The van der Waals surface area contributed by atoms with Gasteiger partial charge in [0.05, 0.1) is 0 Å².